The highest BCUT2D eigenvalue weighted by atomic mass is 14.9. The van der Waals surface area contributed by atoms with Gasteiger partial charge >= 0.3 is 0 Å². The molecule has 0 aliphatic rings. The fourth-order valence-corrected chi connectivity index (χ4v) is 0.832. The Kier molecular flexibility index (Phi) is 3.51. The molecule has 0 aliphatic carbocycles. The quantitative estimate of drug-likeness (QED) is 0.680. The van der Waals surface area contributed by atoms with Crippen molar-refractivity contribution in [3.63, 3.8) is 0 Å². The zero-order valence-electron chi connectivity index (χ0n) is 7.62. The van der Waals surface area contributed by atoms with E-state index in [1.54, 1.807) is 18.6 Å². The van der Waals surface area contributed by atoms with E-state index in [2.05, 4.69) is 28.8 Å². The van der Waals surface area contributed by atoms with Gasteiger partial charge in [0.05, 0.1) is 6.21 Å². The van der Waals surface area contributed by atoms with Crippen LogP contribution in [0.2, 0.25) is 0 Å². The van der Waals surface area contributed by atoms with Gasteiger partial charge in [-0.25, -0.2) is 4.98 Å². The highest BCUT2D eigenvalue weighted by Crippen LogP contribution is 1.98. The molecule has 0 saturated heterocycles. The van der Waals surface area contributed by atoms with E-state index in [1.807, 2.05) is 0 Å². The number of rotatable bonds is 4. The molecule has 1 N–H and O–H groups in total. The van der Waals surface area contributed by atoms with E-state index in [0.29, 0.717) is 0 Å². The maximum Gasteiger partial charge on any atom is 0.147 e. The highest BCUT2D eigenvalue weighted by molar-refractivity contribution is 5.74. The summed E-state index contributed by atoms with van der Waals surface area (Å²) in [5.41, 5.74) is 0. The lowest BCUT2D eigenvalue weighted by molar-refractivity contribution is 0.597. The number of hydrogen-bond donors (Lipinski definition) is 1. The number of aromatic nitrogens is 2. The first kappa shape index (κ1) is 8.97. The van der Waals surface area contributed by atoms with E-state index in [4.69, 9.17) is 0 Å². The van der Waals surface area contributed by atoms with Crippen LogP contribution in [0.3, 0.4) is 0 Å². The van der Waals surface area contributed by atoms with Crippen molar-refractivity contribution < 1.29 is 0 Å². The predicted octanol–water partition coefficient (Wildman–Crippen LogP) is 1.87. The van der Waals surface area contributed by atoms with Gasteiger partial charge in [0.15, 0.2) is 0 Å². The molecule has 0 radical (unpaired) electrons. The lowest BCUT2D eigenvalue weighted by Crippen LogP contribution is -1.92. The van der Waals surface area contributed by atoms with Gasteiger partial charge in [-0.05, 0) is 12.3 Å². The predicted molar refractivity (Wildman–Crippen MR) is 50.5 cm³/mol. The molecule has 0 saturated carbocycles. The molecule has 1 aromatic heterocycles. The first-order valence-electron chi connectivity index (χ1n) is 4.28. The van der Waals surface area contributed by atoms with Crippen LogP contribution in [0.25, 0.3) is 0 Å². The van der Waals surface area contributed by atoms with Crippen LogP contribution < -0.4 is 0 Å². The van der Waals surface area contributed by atoms with Gasteiger partial charge in [0, 0.05) is 18.9 Å². The molecule has 0 spiro atoms. The molecule has 66 valence electrons. The molecule has 0 aliphatic heterocycles. The van der Waals surface area contributed by atoms with E-state index in [1.165, 1.54) is 0 Å². The summed E-state index contributed by atoms with van der Waals surface area (Å²) in [6.45, 7) is 5.28. The molecule has 0 bridgehead atoms. The summed E-state index contributed by atoms with van der Waals surface area (Å²) in [5.74, 6) is 1.55. The number of hydrogen-bond acceptors (Lipinski definition) is 2. The average molecular weight is 165 g/mol. The van der Waals surface area contributed by atoms with Crippen LogP contribution in [0, 0.1) is 5.92 Å². The molecule has 1 rings (SSSR count). The third-order valence-corrected chi connectivity index (χ3v) is 1.57. The number of nitrogens with one attached hydrogen (secondary N) is 1. The van der Waals surface area contributed by atoms with E-state index >= 15 is 0 Å². The molecule has 0 atom stereocenters. The fourth-order valence-electron chi connectivity index (χ4n) is 0.832. The molecule has 1 aromatic rings. The zero-order valence-corrected chi connectivity index (χ0v) is 7.62. The number of nitrogens with zero attached hydrogens (tertiary/aromatic N) is 2. The second-order valence-electron chi connectivity index (χ2n) is 3.19. The second-order valence-corrected chi connectivity index (χ2v) is 3.19. The minimum Gasteiger partial charge on any atom is -0.344 e. The molecule has 0 fully saturated rings. The van der Waals surface area contributed by atoms with Crippen LogP contribution >= 0.6 is 0 Å². The maximum absolute atomic E-state index is 4.24. The minimum absolute atomic E-state index is 0.721. The molecule has 1 heterocycles. The summed E-state index contributed by atoms with van der Waals surface area (Å²) in [6, 6.07) is 0. The molecular formula is C9H15N3. The molecule has 3 heteroatoms. The Labute approximate surface area is 72.9 Å². The molecule has 12 heavy (non-hydrogen) atoms. The van der Waals surface area contributed by atoms with Gasteiger partial charge in [-0.3, -0.25) is 4.99 Å². The fraction of sp³-hybridized carbons (Fsp3) is 0.556. The Morgan fingerprint density at radius 3 is 3.08 bits per heavy atom. The van der Waals surface area contributed by atoms with Crippen molar-refractivity contribution in [3.8, 4) is 0 Å². The van der Waals surface area contributed by atoms with Crippen LogP contribution in [0.15, 0.2) is 17.4 Å². The minimum atomic E-state index is 0.721. The number of H-pyrrole nitrogens is 1. The summed E-state index contributed by atoms with van der Waals surface area (Å²) in [6.07, 6.45) is 6.44. The Morgan fingerprint density at radius 2 is 2.50 bits per heavy atom. The van der Waals surface area contributed by atoms with Crippen LogP contribution in [0.5, 0.6) is 0 Å². The third kappa shape index (κ3) is 3.32. The number of imidazole rings is 1. The largest absolute Gasteiger partial charge is 0.344 e. The molecule has 0 amide bonds. The van der Waals surface area contributed by atoms with Gasteiger partial charge in [0.25, 0.3) is 0 Å². The van der Waals surface area contributed by atoms with E-state index in [0.717, 1.165) is 24.7 Å². The zero-order chi connectivity index (χ0) is 8.81. The van der Waals surface area contributed by atoms with Gasteiger partial charge in [-0.2, -0.15) is 0 Å². The van der Waals surface area contributed by atoms with Crippen molar-refractivity contribution in [1.29, 1.82) is 0 Å². The summed E-state index contributed by atoms with van der Waals surface area (Å²) in [4.78, 5) is 11.2. The van der Waals surface area contributed by atoms with Crippen LogP contribution in [-0.4, -0.2) is 22.7 Å². The number of aliphatic imine (C=N–C) groups is 1. The maximum atomic E-state index is 4.24. The SMILES string of the molecule is CC(C)CC/N=C/c1ncc[nH]1. The Morgan fingerprint density at radius 1 is 1.67 bits per heavy atom. The molecular weight excluding hydrogens is 150 g/mol. The monoisotopic (exact) mass is 165 g/mol. The van der Waals surface area contributed by atoms with Crippen molar-refractivity contribution >= 4 is 6.21 Å². The van der Waals surface area contributed by atoms with Crippen LogP contribution in [0.1, 0.15) is 26.1 Å². The second kappa shape index (κ2) is 4.70. The van der Waals surface area contributed by atoms with Crippen LogP contribution in [-0.2, 0) is 0 Å². The van der Waals surface area contributed by atoms with E-state index in [9.17, 15) is 0 Å². The third-order valence-electron chi connectivity index (χ3n) is 1.57. The summed E-state index contributed by atoms with van der Waals surface area (Å²) in [7, 11) is 0. The summed E-state index contributed by atoms with van der Waals surface area (Å²) >= 11 is 0. The van der Waals surface area contributed by atoms with E-state index < -0.39 is 0 Å². The van der Waals surface area contributed by atoms with Crippen molar-refractivity contribution in [3.05, 3.63) is 18.2 Å². The van der Waals surface area contributed by atoms with Crippen molar-refractivity contribution in [2.24, 2.45) is 10.9 Å². The van der Waals surface area contributed by atoms with Crippen molar-refractivity contribution in [1.82, 2.24) is 9.97 Å². The number of aromatic amines is 1. The average Bonchev–Trinajstić information content (AvgIpc) is 2.49. The molecule has 0 aromatic carbocycles. The summed E-state index contributed by atoms with van der Waals surface area (Å²) < 4.78 is 0. The Balaban J connectivity index is 2.23. The summed E-state index contributed by atoms with van der Waals surface area (Å²) in [5, 5.41) is 0. The van der Waals surface area contributed by atoms with E-state index in [-0.39, 0.29) is 0 Å². The molecule has 3 nitrogen and oxygen atoms in total. The first-order chi connectivity index (χ1) is 5.79. The lowest BCUT2D eigenvalue weighted by Gasteiger charge is -1.97. The molecule has 0 unspecified atom stereocenters. The standard InChI is InChI=1S/C9H15N3/c1-8(2)3-4-10-7-9-11-5-6-12-9/h5-8H,3-4H2,1-2H3,(H,11,12)/b10-7+. The van der Waals surface area contributed by atoms with Gasteiger partial charge < -0.3 is 4.98 Å². The van der Waals surface area contributed by atoms with Crippen molar-refractivity contribution in [2.75, 3.05) is 6.54 Å². The van der Waals surface area contributed by atoms with Gasteiger partial charge in [-0.15, -0.1) is 0 Å². The highest BCUT2D eigenvalue weighted by Gasteiger charge is 1.90. The van der Waals surface area contributed by atoms with Gasteiger partial charge in [0.2, 0.25) is 0 Å². The van der Waals surface area contributed by atoms with Crippen molar-refractivity contribution in [2.45, 2.75) is 20.3 Å². The Hall–Kier alpha value is -1.12. The Bertz CT molecular complexity index is 224. The van der Waals surface area contributed by atoms with Gasteiger partial charge in [0.1, 0.15) is 5.82 Å². The topological polar surface area (TPSA) is 41.0 Å². The lowest BCUT2D eigenvalue weighted by atomic mass is 10.1. The van der Waals surface area contributed by atoms with Crippen LogP contribution in [0.4, 0.5) is 0 Å². The normalized spacial score (nSPS) is 11.6. The smallest absolute Gasteiger partial charge is 0.147 e. The van der Waals surface area contributed by atoms with Gasteiger partial charge in [-0.1, -0.05) is 13.8 Å². The first-order valence-corrected chi connectivity index (χ1v) is 4.28.